The van der Waals surface area contributed by atoms with Gasteiger partial charge < -0.3 is 4.90 Å². The third kappa shape index (κ3) is 2.95. The van der Waals surface area contributed by atoms with Crippen LogP contribution in [-0.4, -0.2) is 38.2 Å². The van der Waals surface area contributed by atoms with E-state index in [9.17, 15) is 4.79 Å². The lowest BCUT2D eigenvalue weighted by atomic mass is 9.98. The van der Waals surface area contributed by atoms with Crippen LogP contribution in [0.4, 0.5) is 0 Å². The van der Waals surface area contributed by atoms with Gasteiger partial charge in [0.2, 0.25) is 0 Å². The van der Waals surface area contributed by atoms with E-state index in [1.807, 2.05) is 23.1 Å². The van der Waals surface area contributed by atoms with Gasteiger partial charge in [-0.2, -0.15) is 5.10 Å². The molecule has 0 unspecified atom stereocenters. The van der Waals surface area contributed by atoms with Crippen molar-refractivity contribution in [3.63, 3.8) is 0 Å². The summed E-state index contributed by atoms with van der Waals surface area (Å²) in [6, 6.07) is 6.84. The lowest BCUT2D eigenvalue weighted by Crippen LogP contribution is -2.37. The number of piperidine rings is 1. The van der Waals surface area contributed by atoms with Crippen molar-refractivity contribution in [2.24, 2.45) is 5.92 Å². The normalized spacial score (nSPS) is 20.9. The summed E-state index contributed by atoms with van der Waals surface area (Å²) in [6.45, 7) is 9.31. The van der Waals surface area contributed by atoms with Crippen molar-refractivity contribution in [1.29, 1.82) is 0 Å². The van der Waals surface area contributed by atoms with Gasteiger partial charge in [-0.05, 0) is 70.1 Å². The minimum atomic E-state index is 0.158. The topological polar surface area (TPSA) is 51.0 Å². The van der Waals surface area contributed by atoms with Gasteiger partial charge in [0.1, 0.15) is 0 Å². The van der Waals surface area contributed by atoms with Gasteiger partial charge in [0, 0.05) is 35.8 Å². The number of amides is 1. The summed E-state index contributed by atoms with van der Waals surface area (Å²) in [5.74, 6) is 0.843. The smallest absolute Gasteiger partial charge is 0.254 e. The molecule has 0 N–H and O–H groups in total. The van der Waals surface area contributed by atoms with E-state index in [0.29, 0.717) is 12.0 Å². The van der Waals surface area contributed by atoms with Gasteiger partial charge in [-0.25, -0.2) is 4.98 Å². The van der Waals surface area contributed by atoms with Crippen molar-refractivity contribution in [1.82, 2.24) is 19.7 Å². The van der Waals surface area contributed by atoms with Crippen LogP contribution in [0.3, 0.4) is 0 Å². The number of benzene rings is 1. The van der Waals surface area contributed by atoms with E-state index in [-0.39, 0.29) is 11.9 Å². The highest BCUT2D eigenvalue weighted by Gasteiger charge is 2.40. The minimum Gasteiger partial charge on any atom is -0.335 e. The molecule has 0 spiro atoms. The summed E-state index contributed by atoms with van der Waals surface area (Å²) in [4.78, 5) is 20.7. The maximum atomic E-state index is 13.6. The number of pyridine rings is 1. The van der Waals surface area contributed by atoms with Gasteiger partial charge in [0.15, 0.2) is 0 Å². The van der Waals surface area contributed by atoms with E-state index in [4.69, 9.17) is 4.98 Å². The summed E-state index contributed by atoms with van der Waals surface area (Å²) < 4.78 is 1.94. The Labute approximate surface area is 171 Å². The Kier molecular flexibility index (Phi) is 4.23. The third-order valence-corrected chi connectivity index (χ3v) is 6.83. The van der Waals surface area contributed by atoms with Crippen LogP contribution in [0, 0.1) is 19.8 Å². The summed E-state index contributed by atoms with van der Waals surface area (Å²) in [5.41, 5.74) is 5.81. The Morgan fingerprint density at radius 3 is 2.69 bits per heavy atom. The Hall–Kier alpha value is -2.69. The second-order valence-corrected chi connectivity index (χ2v) is 9.05. The number of fused-ring (bicyclic) bond motifs is 3. The zero-order chi connectivity index (χ0) is 20.3. The molecule has 2 fully saturated rings. The maximum Gasteiger partial charge on any atom is 0.254 e. The average Bonchev–Trinajstić information content (AvgIpc) is 3.46. The maximum absolute atomic E-state index is 13.6. The van der Waals surface area contributed by atoms with E-state index in [0.717, 1.165) is 46.3 Å². The summed E-state index contributed by atoms with van der Waals surface area (Å²) in [7, 11) is 0. The molecule has 2 aliphatic rings. The van der Waals surface area contributed by atoms with E-state index in [1.165, 1.54) is 18.4 Å². The molecule has 5 heteroatoms. The molecule has 150 valence electrons. The first-order valence-corrected chi connectivity index (χ1v) is 10.7. The molecule has 0 radical (unpaired) electrons. The second-order valence-electron chi connectivity index (χ2n) is 9.05. The molecule has 1 aliphatic carbocycles. The molecule has 1 aliphatic heterocycles. The zero-order valence-corrected chi connectivity index (χ0v) is 17.6. The highest BCUT2D eigenvalue weighted by atomic mass is 16.2. The Morgan fingerprint density at radius 1 is 1.21 bits per heavy atom. The fourth-order valence-electron chi connectivity index (χ4n) is 4.94. The lowest BCUT2D eigenvalue weighted by molar-refractivity contribution is 0.0705. The molecule has 1 aromatic carbocycles. The molecule has 1 saturated heterocycles. The minimum absolute atomic E-state index is 0.158. The van der Waals surface area contributed by atoms with Crippen molar-refractivity contribution < 1.29 is 4.79 Å². The number of likely N-dealkylation sites (tertiary alicyclic amines) is 1. The molecule has 2 aromatic heterocycles. The highest BCUT2D eigenvalue weighted by Crippen LogP contribution is 2.39. The van der Waals surface area contributed by atoms with Gasteiger partial charge in [0.25, 0.3) is 5.91 Å². The van der Waals surface area contributed by atoms with Crippen LogP contribution in [0.5, 0.6) is 0 Å². The van der Waals surface area contributed by atoms with Gasteiger partial charge in [0.05, 0.1) is 23.0 Å². The molecule has 5 nitrogen and oxygen atoms in total. The Bertz CT molecular complexity index is 1110. The predicted octanol–water partition coefficient (Wildman–Crippen LogP) is 4.92. The van der Waals surface area contributed by atoms with E-state index in [2.05, 4.69) is 49.8 Å². The second kappa shape index (κ2) is 6.68. The highest BCUT2D eigenvalue weighted by molar-refractivity contribution is 6.08. The first kappa shape index (κ1) is 18.3. The predicted molar refractivity (Wildman–Crippen MR) is 115 cm³/mol. The van der Waals surface area contributed by atoms with Crippen LogP contribution in [0.15, 0.2) is 30.6 Å². The van der Waals surface area contributed by atoms with Crippen LogP contribution in [0.2, 0.25) is 0 Å². The number of aryl methyl sites for hydroxylation is 2. The lowest BCUT2D eigenvalue weighted by Gasteiger charge is -2.27. The first-order valence-electron chi connectivity index (χ1n) is 10.7. The molecule has 5 rings (SSSR count). The van der Waals surface area contributed by atoms with Crippen LogP contribution in [-0.2, 0) is 0 Å². The molecule has 3 heterocycles. The van der Waals surface area contributed by atoms with Crippen molar-refractivity contribution in [3.05, 3.63) is 47.3 Å². The molecule has 2 bridgehead atoms. The van der Waals surface area contributed by atoms with Crippen LogP contribution < -0.4 is 0 Å². The van der Waals surface area contributed by atoms with Crippen molar-refractivity contribution in [3.8, 4) is 11.3 Å². The Morgan fingerprint density at radius 2 is 2.03 bits per heavy atom. The molecular formula is C24H28N4O. The standard InChI is InChI=1S/C24H28N4O/c1-14(2)28-13-18(11-25-28)22-10-21(20-8-5-15(3)16(4)23(20)26-22)24(29)27-12-17-6-7-19(27)9-17/h5,8,10-11,13-14,17,19H,6-7,9,12H2,1-4H3/t17-,19-/m0/s1. The SMILES string of the molecule is Cc1ccc2c(C(=O)N3C[C@H]4CC[C@H]3C4)cc(-c3cnn(C(C)C)c3)nc2c1C. The van der Waals surface area contributed by atoms with Gasteiger partial charge in [-0.3, -0.25) is 9.48 Å². The van der Waals surface area contributed by atoms with Crippen molar-refractivity contribution in [2.45, 2.75) is 59.0 Å². The van der Waals surface area contributed by atoms with E-state index < -0.39 is 0 Å². The monoisotopic (exact) mass is 388 g/mol. The van der Waals surface area contributed by atoms with Crippen molar-refractivity contribution >= 4 is 16.8 Å². The first-order chi connectivity index (χ1) is 13.9. The quantitative estimate of drug-likeness (QED) is 0.640. The molecular weight excluding hydrogens is 360 g/mol. The number of hydrogen-bond acceptors (Lipinski definition) is 3. The van der Waals surface area contributed by atoms with Gasteiger partial charge in [-0.1, -0.05) is 12.1 Å². The number of nitrogens with zero attached hydrogens (tertiary/aromatic N) is 4. The van der Waals surface area contributed by atoms with Crippen LogP contribution in [0.1, 0.15) is 60.6 Å². The summed E-state index contributed by atoms with van der Waals surface area (Å²) in [6.07, 6.45) is 7.46. The summed E-state index contributed by atoms with van der Waals surface area (Å²) in [5, 5.41) is 5.44. The van der Waals surface area contributed by atoms with Crippen LogP contribution >= 0.6 is 0 Å². The molecule has 1 saturated carbocycles. The van der Waals surface area contributed by atoms with E-state index >= 15 is 0 Å². The largest absolute Gasteiger partial charge is 0.335 e. The van der Waals surface area contributed by atoms with Crippen LogP contribution in [0.25, 0.3) is 22.2 Å². The molecule has 3 aromatic rings. The fraction of sp³-hybridized carbons (Fsp3) is 0.458. The van der Waals surface area contributed by atoms with E-state index in [1.54, 1.807) is 0 Å². The molecule has 1 amide bonds. The molecule has 29 heavy (non-hydrogen) atoms. The summed E-state index contributed by atoms with van der Waals surface area (Å²) >= 11 is 0. The number of aromatic nitrogens is 3. The number of carbonyl (C=O) groups is 1. The average molecular weight is 389 g/mol. The number of hydrogen-bond donors (Lipinski definition) is 0. The van der Waals surface area contributed by atoms with Gasteiger partial charge in [-0.15, -0.1) is 0 Å². The Balaban J connectivity index is 1.67. The third-order valence-electron chi connectivity index (χ3n) is 6.83. The fourth-order valence-corrected chi connectivity index (χ4v) is 4.94. The number of rotatable bonds is 3. The molecule has 2 atom stereocenters. The van der Waals surface area contributed by atoms with Crippen molar-refractivity contribution in [2.75, 3.05) is 6.54 Å². The number of carbonyl (C=O) groups excluding carboxylic acids is 1. The zero-order valence-electron chi connectivity index (χ0n) is 17.6. The van der Waals surface area contributed by atoms with Gasteiger partial charge >= 0.3 is 0 Å².